The largest absolute Gasteiger partial charge is 0.476 e. The second-order valence-corrected chi connectivity index (χ2v) is 9.33. The summed E-state index contributed by atoms with van der Waals surface area (Å²) in [6, 6.07) is 3.39. The minimum Gasteiger partial charge on any atom is -0.476 e. The quantitative estimate of drug-likeness (QED) is 0.277. The molecule has 0 spiro atoms. The summed E-state index contributed by atoms with van der Waals surface area (Å²) in [6.07, 6.45) is 3.36. The zero-order chi connectivity index (χ0) is 27.1. The highest BCUT2D eigenvalue weighted by Gasteiger charge is 2.20. The summed E-state index contributed by atoms with van der Waals surface area (Å²) in [4.78, 5) is 28.3. The van der Waals surface area contributed by atoms with Gasteiger partial charge in [-0.15, -0.1) is 21.5 Å². The number of thiazole rings is 1. The van der Waals surface area contributed by atoms with Crippen LogP contribution < -0.4 is 15.4 Å². The Hall–Kier alpha value is -3.90. The number of ether oxygens (including phenoxy) is 1. The summed E-state index contributed by atoms with van der Waals surface area (Å²) in [5.74, 6) is 1.68. The third-order valence-corrected chi connectivity index (χ3v) is 6.78. The maximum atomic E-state index is 12.2. The van der Waals surface area contributed by atoms with Crippen LogP contribution in [0.4, 0.5) is 10.6 Å². The van der Waals surface area contributed by atoms with Gasteiger partial charge in [-0.2, -0.15) is 0 Å². The first kappa shape index (κ1) is 27.1. The molecular formula is C26H32N8O3S. The lowest BCUT2D eigenvalue weighted by atomic mass is 10.0. The monoisotopic (exact) mass is 536 g/mol. The lowest BCUT2D eigenvalue weighted by Gasteiger charge is -2.19. The third kappa shape index (κ3) is 6.50. The number of carbonyl (C=O) groups excluding carboxylic acids is 1. The summed E-state index contributed by atoms with van der Waals surface area (Å²) in [7, 11) is 0. The Kier molecular flexibility index (Phi) is 8.98. The fraction of sp³-hybridized carbons (Fsp3) is 0.385. The molecule has 4 aromatic rings. The summed E-state index contributed by atoms with van der Waals surface area (Å²) >= 11 is 1.51. The number of likely N-dealkylation sites (N-methyl/N-ethyl adjacent to an activating group) is 1. The summed E-state index contributed by atoms with van der Waals surface area (Å²) in [5, 5.41) is 16.4. The standard InChI is InChI=1S/C26H32N8O3S/c1-6-27-26(35)31-22-12-20(25-30-16(4)15-38-25)21(14-28-22)19-11-18(23-33-32-17(5)37-23)13-29-24(19)36-10-9-34(7-2)8-3/h11-15H,6-10H2,1-5H3,(H2,27,28,31,35). The second-order valence-electron chi connectivity index (χ2n) is 8.47. The Morgan fingerprint density at radius 3 is 2.53 bits per heavy atom. The molecule has 2 amide bonds. The van der Waals surface area contributed by atoms with Crippen molar-refractivity contribution in [3.63, 3.8) is 0 Å². The van der Waals surface area contributed by atoms with Crippen LogP contribution in [-0.2, 0) is 0 Å². The number of nitrogens with zero attached hydrogens (tertiary/aromatic N) is 6. The summed E-state index contributed by atoms with van der Waals surface area (Å²) in [5.41, 5.74) is 3.80. The molecule has 200 valence electrons. The average Bonchev–Trinajstić information content (AvgIpc) is 3.55. The van der Waals surface area contributed by atoms with Gasteiger partial charge in [0, 0.05) is 60.2 Å². The highest BCUT2D eigenvalue weighted by atomic mass is 32.1. The smallest absolute Gasteiger partial charge is 0.320 e. The van der Waals surface area contributed by atoms with Crippen LogP contribution in [-0.4, -0.2) is 68.9 Å². The SMILES string of the molecule is CCNC(=O)Nc1cc(-c2nc(C)cs2)c(-c2cc(-c3nnc(C)o3)cnc2OCCN(CC)CC)cn1. The van der Waals surface area contributed by atoms with Crippen molar-refractivity contribution in [1.82, 2.24) is 35.4 Å². The zero-order valence-electron chi connectivity index (χ0n) is 22.2. The molecule has 4 rings (SSSR count). The van der Waals surface area contributed by atoms with E-state index in [0.717, 1.165) is 41.5 Å². The van der Waals surface area contributed by atoms with Crippen molar-refractivity contribution in [2.24, 2.45) is 0 Å². The second kappa shape index (κ2) is 12.6. The summed E-state index contributed by atoms with van der Waals surface area (Å²) < 4.78 is 11.9. The predicted octanol–water partition coefficient (Wildman–Crippen LogP) is 4.80. The molecule has 2 N–H and O–H groups in total. The van der Waals surface area contributed by atoms with Gasteiger partial charge in [-0.05, 0) is 39.1 Å². The predicted molar refractivity (Wildman–Crippen MR) is 147 cm³/mol. The van der Waals surface area contributed by atoms with E-state index >= 15 is 0 Å². The van der Waals surface area contributed by atoms with Crippen molar-refractivity contribution < 1.29 is 13.9 Å². The van der Waals surface area contributed by atoms with Crippen molar-refractivity contribution in [2.75, 3.05) is 38.1 Å². The normalized spacial score (nSPS) is 11.1. The summed E-state index contributed by atoms with van der Waals surface area (Å²) in [6.45, 7) is 13.4. The molecule has 4 heterocycles. The number of amides is 2. The maximum absolute atomic E-state index is 12.2. The highest BCUT2D eigenvalue weighted by molar-refractivity contribution is 7.13. The van der Waals surface area contributed by atoms with Crippen molar-refractivity contribution in [3.05, 3.63) is 41.5 Å². The highest BCUT2D eigenvalue weighted by Crippen LogP contribution is 2.40. The molecular weight excluding hydrogens is 504 g/mol. The molecule has 0 saturated heterocycles. The van der Waals surface area contributed by atoms with Gasteiger partial charge in [0.2, 0.25) is 17.7 Å². The van der Waals surface area contributed by atoms with Gasteiger partial charge in [0.1, 0.15) is 17.4 Å². The van der Waals surface area contributed by atoms with Crippen molar-refractivity contribution in [2.45, 2.75) is 34.6 Å². The Morgan fingerprint density at radius 1 is 1.05 bits per heavy atom. The number of urea groups is 1. The van der Waals surface area contributed by atoms with E-state index in [4.69, 9.17) is 14.1 Å². The van der Waals surface area contributed by atoms with Crippen LogP contribution in [0, 0.1) is 13.8 Å². The molecule has 38 heavy (non-hydrogen) atoms. The van der Waals surface area contributed by atoms with Crippen LogP contribution in [0.15, 0.2) is 34.3 Å². The van der Waals surface area contributed by atoms with Crippen LogP contribution in [0.2, 0.25) is 0 Å². The molecule has 0 saturated carbocycles. The van der Waals surface area contributed by atoms with E-state index in [1.54, 1.807) is 19.3 Å². The third-order valence-electron chi connectivity index (χ3n) is 5.79. The van der Waals surface area contributed by atoms with Crippen molar-refractivity contribution in [3.8, 4) is 39.0 Å². The topological polar surface area (TPSA) is 131 Å². The number of rotatable bonds is 11. The van der Waals surface area contributed by atoms with Gasteiger partial charge in [0.15, 0.2) is 0 Å². The van der Waals surface area contributed by atoms with Gasteiger partial charge in [0.25, 0.3) is 0 Å². The van der Waals surface area contributed by atoms with Gasteiger partial charge in [-0.25, -0.2) is 19.7 Å². The molecule has 0 bridgehead atoms. The lowest BCUT2D eigenvalue weighted by molar-refractivity contribution is 0.218. The molecule has 0 aromatic carbocycles. The Labute approximate surface area is 225 Å². The molecule has 12 heteroatoms. The minimum atomic E-state index is -0.329. The van der Waals surface area contributed by atoms with E-state index in [-0.39, 0.29) is 6.03 Å². The number of hydrogen-bond acceptors (Lipinski definition) is 10. The molecule has 0 aliphatic heterocycles. The number of carbonyl (C=O) groups is 1. The van der Waals surface area contributed by atoms with Gasteiger partial charge < -0.3 is 19.4 Å². The van der Waals surface area contributed by atoms with Crippen LogP contribution in [0.1, 0.15) is 32.4 Å². The van der Waals surface area contributed by atoms with Crippen LogP contribution in [0.3, 0.4) is 0 Å². The zero-order valence-corrected chi connectivity index (χ0v) is 23.1. The van der Waals surface area contributed by atoms with E-state index in [9.17, 15) is 4.79 Å². The molecule has 0 unspecified atom stereocenters. The van der Waals surface area contributed by atoms with Crippen LogP contribution >= 0.6 is 11.3 Å². The van der Waals surface area contributed by atoms with Gasteiger partial charge in [-0.3, -0.25) is 5.32 Å². The molecule has 0 aliphatic carbocycles. The van der Waals surface area contributed by atoms with E-state index < -0.39 is 0 Å². The van der Waals surface area contributed by atoms with E-state index in [0.29, 0.717) is 47.8 Å². The molecule has 0 fully saturated rings. The maximum Gasteiger partial charge on any atom is 0.320 e. The number of pyridine rings is 2. The van der Waals surface area contributed by atoms with Crippen LogP contribution in [0.5, 0.6) is 5.88 Å². The number of aryl methyl sites for hydroxylation is 2. The molecule has 0 aliphatic rings. The number of anilines is 1. The average molecular weight is 537 g/mol. The number of hydrogen-bond donors (Lipinski definition) is 2. The first-order valence-electron chi connectivity index (χ1n) is 12.5. The fourth-order valence-corrected chi connectivity index (χ4v) is 4.64. The fourth-order valence-electron chi connectivity index (χ4n) is 3.82. The minimum absolute atomic E-state index is 0.329. The van der Waals surface area contributed by atoms with E-state index in [1.165, 1.54) is 11.3 Å². The van der Waals surface area contributed by atoms with Crippen LogP contribution in [0.25, 0.3) is 33.2 Å². The van der Waals surface area contributed by atoms with Crippen molar-refractivity contribution in [1.29, 1.82) is 0 Å². The first-order chi connectivity index (χ1) is 18.4. The van der Waals surface area contributed by atoms with E-state index in [2.05, 4.69) is 49.5 Å². The number of aromatic nitrogens is 5. The van der Waals surface area contributed by atoms with Gasteiger partial charge >= 0.3 is 6.03 Å². The van der Waals surface area contributed by atoms with Gasteiger partial charge in [-0.1, -0.05) is 13.8 Å². The molecule has 4 aromatic heterocycles. The molecule has 0 atom stereocenters. The van der Waals surface area contributed by atoms with Crippen molar-refractivity contribution >= 4 is 23.2 Å². The molecule has 0 radical (unpaired) electrons. The lowest BCUT2D eigenvalue weighted by Crippen LogP contribution is -2.28. The van der Waals surface area contributed by atoms with E-state index in [1.807, 2.05) is 31.4 Å². The Bertz CT molecular complexity index is 1380. The first-order valence-corrected chi connectivity index (χ1v) is 13.4. The number of nitrogens with one attached hydrogen (secondary N) is 2. The Morgan fingerprint density at radius 2 is 1.87 bits per heavy atom. The van der Waals surface area contributed by atoms with Gasteiger partial charge in [0.05, 0.1) is 5.56 Å². The Balaban J connectivity index is 1.80. The molecule has 11 nitrogen and oxygen atoms in total.